The molecular weight excluding hydrogens is 422 g/mol. The van der Waals surface area contributed by atoms with Gasteiger partial charge in [-0.2, -0.15) is 5.10 Å². The van der Waals surface area contributed by atoms with Gasteiger partial charge in [0.15, 0.2) is 5.69 Å². The zero-order chi connectivity index (χ0) is 23.3. The summed E-state index contributed by atoms with van der Waals surface area (Å²) in [5, 5.41) is 7.47. The fourth-order valence-corrected chi connectivity index (χ4v) is 4.37. The van der Waals surface area contributed by atoms with Gasteiger partial charge in [-0.3, -0.25) is 9.69 Å². The molecule has 34 heavy (non-hydrogen) atoms. The Morgan fingerprint density at radius 2 is 1.47 bits per heavy atom. The van der Waals surface area contributed by atoms with E-state index in [2.05, 4.69) is 62.7 Å². The number of aryl methyl sites for hydroxylation is 1. The average Bonchev–Trinajstić information content (AvgIpc) is 3.28. The minimum atomic E-state index is -0.208. The van der Waals surface area contributed by atoms with Crippen LogP contribution in [0.5, 0.6) is 0 Å². The number of anilines is 2. The lowest BCUT2D eigenvalue weighted by Crippen LogP contribution is -2.45. The topological polar surface area (TPSA) is 53.4 Å². The number of aromatic nitrogens is 2. The van der Waals surface area contributed by atoms with Gasteiger partial charge in [-0.1, -0.05) is 48.5 Å². The Balaban J connectivity index is 1.17. The number of amides is 1. The summed E-state index contributed by atoms with van der Waals surface area (Å²) in [5.74, 6) is -0.208. The number of hydrogen-bond donors (Lipinski definition) is 1. The molecule has 1 aliphatic heterocycles. The van der Waals surface area contributed by atoms with Gasteiger partial charge in [0.2, 0.25) is 0 Å². The smallest absolute Gasteiger partial charge is 0.276 e. The summed E-state index contributed by atoms with van der Waals surface area (Å²) >= 11 is 0. The number of nitrogens with zero attached hydrogens (tertiary/aromatic N) is 4. The molecule has 0 unspecified atom stereocenters. The van der Waals surface area contributed by atoms with Crippen molar-refractivity contribution in [2.75, 3.05) is 36.4 Å². The van der Waals surface area contributed by atoms with E-state index in [1.165, 1.54) is 11.3 Å². The van der Waals surface area contributed by atoms with Crippen LogP contribution in [0.4, 0.5) is 11.4 Å². The number of carbonyl (C=O) groups excluding carboxylic acids is 1. The van der Waals surface area contributed by atoms with E-state index in [0.29, 0.717) is 5.69 Å². The first-order valence-electron chi connectivity index (χ1n) is 11.7. The molecule has 0 radical (unpaired) electrons. The molecule has 1 N–H and O–H groups in total. The predicted octanol–water partition coefficient (Wildman–Crippen LogP) is 4.76. The molecular formula is C28H29N5O. The summed E-state index contributed by atoms with van der Waals surface area (Å²) in [5.41, 5.74) is 5.56. The second kappa shape index (κ2) is 9.93. The second-order valence-corrected chi connectivity index (χ2v) is 8.67. The van der Waals surface area contributed by atoms with Crippen LogP contribution >= 0.6 is 0 Å². The molecule has 5 rings (SSSR count). The summed E-state index contributed by atoms with van der Waals surface area (Å²) in [7, 11) is 0. The lowest BCUT2D eigenvalue weighted by Gasteiger charge is -2.36. The molecule has 1 aromatic heterocycles. The summed E-state index contributed by atoms with van der Waals surface area (Å²) in [6.07, 6.45) is 0. The monoisotopic (exact) mass is 451 g/mol. The van der Waals surface area contributed by atoms with E-state index in [4.69, 9.17) is 0 Å². The van der Waals surface area contributed by atoms with Crippen molar-refractivity contribution >= 4 is 17.3 Å². The van der Waals surface area contributed by atoms with Gasteiger partial charge in [-0.05, 0) is 55.0 Å². The third-order valence-electron chi connectivity index (χ3n) is 6.23. The molecule has 1 saturated heterocycles. The molecule has 6 heteroatoms. The third kappa shape index (κ3) is 5.02. The molecule has 0 atom stereocenters. The first-order valence-corrected chi connectivity index (χ1v) is 11.7. The maximum atomic E-state index is 12.8. The van der Waals surface area contributed by atoms with Crippen molar-refractivity contribution in [3.63, 3.8) is 0 Å². The van der Waals surface area contributed by atoms with Crippen LogP contribution in [0.3, 0.4) is 0 Å². The Morgan fingerprint density at radius 3 is 2.15 bits per heavy atom. The van der Waals surface area contributed by atoms with Crippen molar-refractivity contribution in [2.45, 2.75) is 13.5 Å². The van der Waals surface area contributed by atoms with Crippen LogP contribution in [0.2, 0.25) is 0 Å². The number of hydrogen-bond acceptors (Lipinski definition) is 4. The van der Waals surface area contributed by atoms with Gasteiger partial charge < -0.3 is 10.2 Å². The van der Waals surface area contributed by atoms with E-state index < -0.39 is 0 Å². The van der Waals surface area contributed by atoms with Gasteiger partial charge in [0.25, 0.3) is 5.91 Å². The maximum absolute atomic E-state index is 12.8. The van der Waals surface area contributed by atoms with Crippen LogP contribution in [0.1, 0.15) is 21.7 Å². The Labute approximate surface area is 200 Å². The van der Waals surface area contributed by atoms with E-state index in [9.17, 15) is 4.79 Å². The van der Waals surface area contributed by atoms with E-state index in [0.717, 1.165) is 49.8 Å². The van der Waals surface area contributed by atoms with Crippen LogP contribution in [-0.4, -0.2) is 46.8 Å². The highest BCUT2D eigenvalue weighted by atomic mass is 16.1. The van der Waals surface area contributed by atoms with Crippen molar-refractivity contribution in [1.82, 2.24) is 14.7 Å². The molecule has 1 fully saturated rings. The number of para-hydroxylation sites is 1. The number of benzene rings is 3. The molecule has 172 valence electrons. The molecule has 1 amide bonds. The third-order valence-corrected chi connectivity index (χ3v) is 6.23. The SMILES string of the molecule is Cc1cc(C(=O)Nc2ccc(N3CCN(Cc4ccccc4)CC3)cc2)nn1-c1ccccc1. The second-order valence-electron chi connectivity index (χ2n) is 8.67. The molecule has 4 aromatic rings. The number of rotatable bonds is 6. The Kier molecular flexibility index (Phi) is 6.40. The molecule has 6 nitrogen and oxygen atoms in total. The normalized spacial score (nSPS) is 14.2. The summed E-state index contributed by atoms with van der Waals surface area (Å²) in [6, 6.07) is 30.4. The molecule has 1 aliphatic rings. The molecule has 0 saturated carbocycles. The zero-order valence-corrected chi connectivity index (χ0v) is 19.4. The van der Waals surface area contributed by atoms with Crippen LogP contribution < -0.4 is 10.2 Å². The van der Waals surface area contributed by atoms with Crippen LogP contribution in [-0.2, 0) is 6.54 Å². The standard InChI is InChI=1S/C28H29N5O/c1-22-20-27(30-33(22)26-10-6-3-7-11-26)28(34)29-24-12-14-25(15-13-24)32-18-16-31(17-19-32)21-23-8-4-2-5-9-23/h2-15,20H,16-19,21H2,1H3,(H,29,34). The molecule has 0 bridgehead atoms. The number of carbonyl (C=O) groups is 1. The molecule has 0 spiro atoms. The summed E-state index contributed by atoms with van der Waals surface area (Å²) in [6.45, 7) is 7.02. The zero-order valence-electron chi connectivity index (χ0n) is 19.4. The lowest BCUT2D eigenvalue weighted by atomic mass is 10.2. The molecule has 3 aromatic carbocycles. The first kappa shape index (κ1) is 21.9. The van der Waals surface area contributed by atoms with Crippen molar-refractivity contribution in [3.05, 3.63) is 108 Å². The maximum Gasteiger partial charge on any atom is 0.276 e. The van der Waals surface area contributed by atoms with Crippen LogP contribution in [0, 0.1) is 6.92 Å². The predicted molar refractivity (Wildman–Crippen MR) is 137 cm³/mol. The Bertz CT molecular complexity index is 1230. The highest BCUT2D eigenvalue weighted by molar-refractivity contribution is 6.03. The van der Waals surface area contributed by atoms with Crippen molar-refractivity contribution < 1.29 is 4.79 Å². The van der Waals surface area contributed by atoms with E-state index >= 15 is 0 Å². The lowest BCUT2D eigenvalue weighted by molar-refractivity contribution is 0.102. The highest BCUT2D eigenvalue weighted by Gasteiger charge is 2.18. The van der Waals surface area contributed by atoms with Gasteiger partial charge in [-0.15, -0.1) is 0 Å². The van der Waals surface area contributed by atoms with Gasteiger partial charge >= 0.3 is 0 Å². The van der Waals surface area contributed by atoms with Crippen LogP contribution in [0.15, 0.2) is 91.0 Å². The van der Waals surface area contributed by atoms with Gasteiger partial charge in [0.05, 0.1) is 5.69 Å². The number of nitrogens with one attached hydrogen (secondary N) is 1. The molecule has 0 aliphatic carbocycles. The minimum Gasteiger partial charge on any atom is -0.369 e. The van der Waals surface area contributed by atoms with Gasteiger partial charge in [0, 0.05) is 49.8 Å². The fraction of sp³-hybridized carbons (Fsp3) is 0.214. The van der Waals surface area contributed by atoms with E-state index in [1.54, 1.807) is 4.68 Å². The Hall–Kier alpha value is -3.90. The largest absolute Gasteiger partial charge is 0.369 e. The first-order chi connectivity index (χ1) is 16.7. The summed E-state index contributed by atoms with van der Waals surface area (Å²) < 4.78 is 1.79. The highest BCUT2D eigenvalue weighted by Crippen LogP contribution is 2.21. The quantitative estimate of drug-likeness (QED) is 0.459. The minimum absolute atomic E-state index is 0.208. The van der Waals surface area contributed by atoms with Gasteiger partial charge in [0.1, 0.15) is 0 Å². The average molecular weight is 452 g/mol. The van der Waals surface area contributed by atoms with Crippen molar-refractivity contribution in [1.29, 1.82) is 0 Å². The Morgan fingerprint density at radius 1 is 0.824 bits per heavy atom. The van der Waals surface area contributed by atoms with E-state index in [1.807, 2.05) is 55.5 Å². The van der Waals surface area contributed by atoms with Gasteiger partial charge in [-0.25, -0.2) is 4.68 Å². The van der Waals surface area contributed by atoms with E-state index in [-0.39, 0.29) is 5.91 Å². The van der Waals surface area contributed by atoms with Crippen LogP contribution in [0.25, 0.3) is 5.69 Å². The summed E-state index contributed by atoms with van der Waals surface area (Å²) in [4.78, 5) is 17.7. The fourth-order valence-electron chi connectivity index (χ4n) is 4.37. The van der Waals surface area contributed by atoms with Crippen molar-refractivity contribution in [2.24, 2.45) is 0 Å². The van der Waals surface area contributed by atoms with Crippen molar-refractivity contribution in [3.8, 4) is 5.69 Å². The number of piperazine rings is 1. The molecule has 2 heterocycles.